The van der Waals surface area contributed by atoms with Gasteiger partial charge in [-0.2, -0.15) is 0 Å². The predicted octanol–water partition coefficient (Wildman–Crippen LogP) is 1.88. The van der Waals surface area contributed by atoms with E-state index in [9.17, 15) is 4.79 Å². The Kier molecular flexibility index (Phi) is 7.21. The van der Waals surface area contributed by atoms with Crippen molar-refractivity contribution in [1.82, 2.24) is 5.32 Å². The molecule has 0 radical (unpaired) electrons. The van der Waals surface area contributed by atoms with E-state index in [-0.39, 0.29) is 12.0 Å². The Balaban J connectivity index is 1.90. The number of nitrogens with one attached hydrogen (secondary N) is 1. The molecule has 17 heavy (non-hydrogen) atoms. The van der Waals surface area contributed by atoms with Gasteiger partial charge in [-0.05, 0) is 39.5 Å². The maximum atomic E-state index is 11.5. The summed E-state index contributed by atoms with van der Waals surface area (Å²) in [5, 5.41) is 2.91. The molecule has 1 amide bonds. The highest BCUT2D eigenvalue weighted by molar-refractivity contribution is 5.75. The van der Waals surface area contributed by atoms with Crippen LogP contribution in [0.5, 0.6) is 0 Å². The van der Waals surface area contributed by atoms with Crippen LogP contribution in [0.1, 0.15) is 46.0 Å². The minimum Gasteiger partial charge on any atom is -0.379 e. The molecule has 1 atom stereocenters. The van der Waals surface area contributed by atoms with Crippen LogP contribution in [0.25, 0.3) is 0 Å². The van der Waals surface area contributed by atoms with E-state index < -0.39 is 0 Å². The van der Waals surface area contributed by atoms with Crippen LogP contribution in [0.3, 0.4) is 0 Å². The second-order valence-corrected chi connectivity index (χ2v) is 4.80. The molecule has 1 rings (SSSR count). The lowest BCUT2D eigenvalue weighted by Gasteiger charge is -2.10. The normalized spacial score (nSPS) is 19.8. The third-order valence-electron chi connectivity index (χ3n) is 2.81. The summed E-state index contributed by atoms with van der Waals surface area (Å²) < 4.78 is 10.9. The van der Waals surface area contributed by atoms with Gasteiger partial charge in [0.25, 0.3) is 0 Å². The van der Waals surface area contributed by atoms with Crippen LogP contribution in [0, 0.1) is 0 Å². The molecule has 0 bridgehead atoms. The average molecular weight is 243 g/mol. The van der Waals surface area contributed by atoms with Crippen molar-refractivity contribution in [3.8, 4) is 0 Å². The first-order chi connectivity index (χ1) is 8.18. The molecule has 0 aromatic carbocycles. The molecule has 1 N–H and O–H groups in total. The van der Waals surface area contributed by atoms with Gasteiger partial charge in [0.1, 0.15) is 0 Å². The number of rotatable bonds is 8. The van der Waals surface area contributed by atoms with E-state index in [0.29, 0.717) is 25.7 Å². The zero-order valence-electron chi connectivity index (χ0n) is 11.0. The lowest BCUT2D eigenvalue weighted by Crippen LogP contribution is -2.26. The Hall–Kier alpha value is -0.610. The van der Waals surface area contributed by atoms with E-state index in [1.165, 1.54) is 0 Å². The second-order valence-electron chi connectivity index (χ2n) is 4.80. The van der Waals surface area contributed by atoms with Gasteiger partial charge in [-0.1, -0.05) is 0 Å². The minimum absolute atomic E-state index is 0.130. The summed E-state index contributed by atoms with van der Waals surface area (Å²) in [4.78, 5) is 11.5. The van der Waals surface area contributed by atoms with Gasteiger partial charge < -0.3 is 14.8 Å². The third-order valence-corrected chi connectivity index (χ3v) is 2.81. The molecule has 0 aliphatic carbocycles. The number of carbonyl (C=O) groups excluding carboxylic acids is 1. The first kappa shape index (κ1) is 14.5. The summed E-state index contributed by atoms with van der Waals surface area (Å²) >= 11 is 0. The first-order valence-corrected chi connectivity index (χ1v) is 6.68. The number of carbonyl (C=O) groups is 1. The third kappa shape index (κ3) is 7.34. The number of hydrogen-bond donors (Lipinski definition) is 1. The molecule has 0 aromatic heterocycles. The Bertz CT molecular complexity index is 213. The van der Waals surface area contributed by atoms with Crippen molar-refractivity contribution in [3.05, 3.63) is 0 Å². The van der Waals surface area contributed by atoms with Crippen molar-refractivity contribution in [2.75, 3.05) is 19.8 Å². The molecule has 0 saturated carbocycles. The van der Waals surface area contributed by atoms with Gasteiger partial charge in [0.15, 0.2) is 0 Å². The molecule has 1 unspecified atom stereocenters. The van der Waals surface area contributed by atoms with Gasteiger partial charge in [0, 0.05) is 26.2 Å². The Morgan fingerprint density at radius 2 is 2.35 bits per heavy atom. The van der Waals surface area contributed by atoms with Crippen LogP contribution in [-0.4, -0.2) is 37.9 Å². The minimum atomic E-state index is 0.130. The summed E-state index contributed by atoms with van der Waals surface area (Å²) in [5.74, 6) is 0.130. The van der Waals surface area contributed by atoms with Crippen molar-refractivity contribution < 1.29 is 14.3 Å². The van der Waals surface area contributed by atoms with E-state index in [2.05, 4.69) is 5.32 Å². The van der Waals surface area contributed by atoms with Gasteiger partial charge in [-0.15, -0.1) is 0 Å². The van der Waals surface area contributed by atoms with Crippen LogP contribution >= 0.6 is 0 Å². The summed E-state index contributed by atoms with van der Waals surface area (Å²) in [6, 6.07) is 0. The lowest BCUT2D eigenvalue weighted by molar-refractivity contribution is -0.121. The molecule has 1 aliphatic heterocycles. The second kappa shape index (κ2) is 8.48. The highest BCUT2D eigenvalue weighted by Crippen LogP contribution is 2.16. The van der Waals surface area contributed by atoms with E-state index in [1.54, 1.807) is 0 Å². The zero-order valence-corrected chi connectivity index (χ0v) is 11.0. The van der Waals surface area contributed by atoms with Crippen molar-refractivity contribution in [2.45, 2.75) is 58.2 Å². The van der Waals surface area contributed by atoms with Crippen LogP contribution in [0.4, 0.5) is 0 Å². The SMILES string of the molecule is CC(C)OCCCNC(=O)CCC1CCCO1. The van der Waals surface area contributed by atoms with Gasteiger partial charge >= 0.3 is 0 Å². The van der Waals surface area contributed by atoms with Crippen molar-refractivity contribution >= 4 is 5.91 Å². The fourth-order valence-electron chi connectivity index (χ4n) is 1.87. The largest absolute Gasteiger partial charge is 0.379 e. The first-order valence-electron chi connectivity index (χ1n) is 6.68. The van der Waals surface area contributed by atoms with Crippen molar-refractivity contribution in [3.63, 3.8) is 0 Å². The van der Waals surface area contributed by atoms with Gasteiger partial charge in [-0.3, -0.25) is 4.79 Å². The topological polar surface area (TPSA) is 47.6 Å². The number of ether oxygens (including phenoxy) is 2. The van der Waals surface area contributed by atoms with Gasteiger partial charge in [0.05, 0.1) is 12.2 Å². The van der Waals surface area contributed by atoms with E-state index in [4.69, 9.17) is 9.47 Å². The molecule has 1 aliphatic rings. The molecule has 1 saturated heterocycles. The zero-order chi connectivity index (χ0) is 12.5. The highest BCUT2D eigenvalue weighted by Gasteiger charge is 2.16. The molecule has 1 heterocycles. The molecule has 0 spiro atoms. The fraction of sp³-hybridized carbons (Fsp3) is 0.923. The quantitative estimate of drug-likeness (QED) is 0.662. The summed E-state index contributed by atoms with van der Waals surface area (Å²) in [7, 11) is 0. The van der Waals surface area contributed by atoms with Crippen LogP contribution in [0.15, 0.2) is 0 Å². The Morgan fingerprint density at radius 1 is 1.53 bits per heavy atom. The number of amides is 1. The smallest absolute Gasteiger partial charge is 0.220 e. The molecule has 0 aromatic rings. The maximum Gasteiger partial charge on any atom is 0.220 e. The summed E-state index contributed by atoms with van der Waals surface area (Å²) in [6.07, 6.45) is 5.14. The molecule has 4 nitrogen and oxygen atoms in total. The molecule has 1 fully saturated rings. The van der Waals surface area contributed by atoms with E-state index >= 15 is 0 Å². The maximum absolute atomic E-state index is 11.5. The Morgan fingerprint density at radius 3 is 3.00 bits per heavy atom. The fourth-order valence-corrected chi connectivity index (χ4v) is 1.87. The average Bonchev–Trinajstić information content (AvgIpc) is 2.78. The standard InChI is InChI=1S/C13H25NO3/c1-11(2)16-10-4-8-14-13(15)7-6-12-5-3-9-17-12/h11-12H,3-10H2,1-2H3,(H,14,15). The summed E-state index contributed by atoms with van der Waals surface area (Å²) in [6.45, 7) is 6.31. The molecular formula is C13H25NO3. The summed E-state index contributed by atoms with van der Waals surface area (Å²) in [5.41, 5.74) is 0. The van der Waals surface area contributed by atoms with E-state index in [0.717, 1.165) is 32.3 Å². The highest BCUT2D eigenvalue weighted by atomic mass is 16.5. The Labute approximate surface area is 104 Å². The van der Waals surface area contributed by atoms with Gasteiger partial charge in [-0.25, -0.2) is 0 Å². The lowest BCUT2D eigenvalue weighted by atomic mass is 10.1. The molecule has 100 valence electrons. The number of hydrogen-bond acceptors (Lipinski definition) is 3. The molecular weight excluding hydrogens is 218 g/mol. The van der Waals surface area contributed by atoms with Crippen LogP contribution < -0.4 is 5.32 Å². The van der Waals surface area contributed by atoms with Crippen LogP contribution in [0.2, 0.25) is 0 Å². The monoisotopic (exact) mass is 243 g/mol. The molecule has 4 heteroatoms. The van der Waals surface area contributed by atoms with Crippen LogP contribution in [-0.2, 0) is 14.3 Å². The predicted molar refractivity (Wildman–Crippen MR) is 66.9 cm³/mol. The van der Waals surface area contributed by atoms with Crippen molar-refractivity contribution in [2.24, 2.45) is 0 Å². The van der Waals surface area contributed by atoms with Crippen molar-refractivity contribution in [1.29, 1.82) is 0 Å². The van der Waals surface area contributed by atoms with Gasteiger partial charge in [0.2, 0.25) is 5.91 Å². The van der Waals surface area contributed by atoms with E-state index in [1.807, 2.05) is 13.8 Å².